The van der Waals surface area contributed by atoms with E-state index in [2.05, 4.69) is 15.6 Å². The van der Waals surface area contributed by atoms with Crippen molar-refractivity contribution >= 4 is 17.4 Å². The fourth-order valence-electron chi connectivity index (χ4n) is 2.95. The Morgan fingerprint density at radius 2 is 2.07 bits per heavy atom. The third kappa shape index (κ3) is 3.64. The summed E-state index contributed by atoms with van der Waals surface area (Å²) in [5.74, 6) is 0.627. The minimum Gasteiger partial charge on any atom is -0.379 e. The molecule has 0 atom stereocenters. The predicted molar refractivity (Wildman–Crippen MR) is 100 cm³/mol. The molecule has 9 nitrogen and oxygen atoms in total. The molecule has 0 spiro atoms. The Kier molecular flexibility index (Phi) is 4.77. The highest BCUT2D eigenvalue weighted by Gasteiger charge is 2.14. The van der Waals surface area contributed by atoms with Crippen LogP contribution in [0, 0.1) is 10.1 Å². The summed E-state index contributed by atoms with van der Waals surface area (Å²) >= 11 is 0. The van der Waals surface area contributed by atoms with Crippen molar-refractivity contribution in [3.8, 4) is 11.4 Å². The average Bonchev–Trinajstić information content (AvgIpc) is 3.08. The first-order valence-corrected chi connectivity index (χ1v) is 8.56. The molecule has 27 heavy (non-hydrogen) atoms. The monoisotopic (exact) mass is 366 g/mol. The molecule has 0 radical (unpaired) electrons. The van der Waals surface area contributed by atoms with Crippen molar-refractivity contribution in [2.24, 2.45) is 5.10 Å². The van der Waals surface area contributed by atoms with Gasteiger partial charge in [-0.05, 0) is 12.1 Å². The summed E-state index contributed by atoms with van der Waals surface area (Å²) in [5.41, 5.74) is 5.24. The van der Waals surface area contributed by atoms with Crippen molar-refractivity contribution in [2.45, 2.75) is 0 Å². The van der Waals surface area contributed by atoms with Gasteiger partial charge in [0, 0.05) is 37.0 Å². The summed E-state index contributed by atoms with van der Waals surface area (Å²) in [6.07, 6.45) is 3.54. The van der Waals surface area contributed by atoms with Crippen molar-refractivity contribution in [2.75, 3.05) is 26.3 Å². The number of imidazole rings is 1. The molecule has 0 amide bonds. The molecule has 0 bridgehead atoms. The molecule has 2 aromatic heterocycles. The Morgan fingerprint density at radius 1 is 1.22 bits per heavy atom. The first kappa shape index (κ1) is 17.1. The number of rotatable bonds is 5. The molecular formula is C18H18N6O3. The predicted octanol–water partition coefficient (Wildman–Crippen LogP) is 2.08. The SMILES string of the molecule is O=[N+]([O-])c1cccc(-c2nc(/C=N/NN3CCOCC3)c3ccccn23)c1. The normalized spacial score (nSPS) is 15.4. The molecule has 3 heterocycles. The number of nitro groups is 1. The van der Waals surface area contributed by atoms with Crippen LogP contribution in [-0.4, -0.2) is 51.8 Å². The summed E-state index contributed by atoms with van der Waals surface area (Å²) in [5, 5.41) is 17.3. The lowest BCUT2D eigenvalue weighted by Crippen LogP contribution is -2.43. The van der Waals surface area contributed by atoms with Crippen LogP contribution in [0.25, 0.3) is 16.9 Å². The maximum Gasteiger partial charge on any atom is 0.270 e. The minimum absolute atomic E-state index is 0.0318. The standard InChI is InChI=1S/C18H18N6O3/c25-24(26)15-5-3-4-14(12-15)18-20-16(17-6-1-2-7-23(17)18)13-19-21-22-8-10-27-11-9-22/h1-7,12-13,21H,8-11H2/b19-13+. The number of benzene rings is 1. The molecule has 1 aliphatic rings. The molecule has 0 saturated carbocycles. The molecule has 0 unspecified atom stereocenters. The first-order chi connectivity index (χ1) is 13.2. The van der Waals surface area contributed by atoms with E-state index in [1.165, 1.54) is 12.1 Å². The van der Waals surface area contributed by atoms with Crippen molar-refractivity contribution in [3.05, 3.63) is 64.5 Å². The molecule has 0 aliphatic carbocycles. The summed E-state index contributed by atoms with van der Waals surface area (Å²) in [6.45, 7) is 2.88. The highest BCUT2D eigenvalue weighted by atomic mass is 16.6. The third-order valence-electron chi connectivity index (χ3n) is 4.29. The zero-order valence-corrected chi connectivity index (χ0v) is 14.5. The molecule has 4 rings (SSSR count). The van der Waals surface area contributed by atoms with Crippen LogP contribution in [0.5, 0.6) is 0 Å². The number of nitrogens with one attached hydrogen (secondary N) is 1. The van der Waals surface area contributed by atoms with Crippen molar-refractivity contribution < 1.29 is 9.66 Å². The van der Waals surface area contributed by atoms with E-state index in [1.54, 1.807) is 12.3 Å². The second-order valence-corrected chi connectivity index (χ2v) is 6.04. The number of hydrogen-bond donors (Lipinski definition) is 1. The van der Waals surface area contributed by atoms with Crippen LogP contribution in [0.3, 0.4) is 0 Å². The van der Waals surface area contributed by atoms with Crippen LogP contribution in [0.1, 0.15) is 5.69 Å². The van der Waals surface area contributed by atoms with Crippen molar-refractivity contribution in [1.82, 2.24) is 19.9 Å². The van der Waals surface area contributed by atoms with Crippen molar-refractivity contribution in [3.63, 3.8) is 0 Å². The van der Waals surface area contributed by atoms with Crippen molar-refractivity contribution in [1.29, 1.82) is 0 Å². The van der Waals surface area contributed by atoms with Crippen LogP contribution in [0.2, 0.25) is 0 Å². The first-order valence-electron chi connectivity index (χ1n) is 8.56. The molecule has 1 aliphatic heterocycles. The largest absolute Gasteiger partial charge is 0.379 e. The van der Waals surface area contributed by atoms with Gasteiger partial charge in [-0.2, -0.15) is 5.10 Å². The van der Waals surface area contributed by atoms with Gasteiger partial charge in [-0.3, -0.25) is 14.5 Å². The Morgan fingerprint density at radius 3 is 2.89 bits per heavy atom. The highest BCUT2D eigenvalue weighted by molar-refractivity contribution is 5.89. The van der Waals surface area contributed by atoms with Gasteiger partial charge in [0.1, 0.15) is 11.5 Å². The number of fused-ring (bicyclic) bond motifs is 1. The molecule has 1 aromatic carbocycles. The fourth-order valence-corrected chi connectivity index (χ4v) is 2.95. The average molecular weight is 366 g/mol. The Bertz CT molecular complexity index is 994. The van der Waals surface area contributed by atoms with Crippen LogP contribution in [0.4, 0.5) is 5.69 Å². The number of non-ortho nitro benzene ring substituents is 1. The second kappa shape index (κ2) is 7.52. The molecule has 9 heteroatoms. The summed E-state index contributed by atoms with van der Waals surface area (Å²) in [4.78, 5) is 15.3. The smallest absolute Gasteiger partial charge is 0.270 e. The third-order valence-corrected chi connectivity index (χ3v) is 4.29. The van der Waals surface area contributed by atoms with E-state index in [0.717, 1.165) is 18.6 Å². The molecule has 1 fully saturated rings. The van der Waals surface area contributed by atoms with Crippen LogP contribution in [-0.2, 0) is 4.74 Å². The molecule has 138 valence electrons. The Labute approximate surface area is 155 Å². The van der Waals surface area contributed by atoms with E-state index in [-0.39, 0.29) is 5.69 Å². The number of hydrazone groups is 1. The zero-order chi connectivity index (χ0) is 18.6. The Balaban J connectivity index is 1.66. The quantitative estimate of drug-likeness (QED) is 0.422. The van der Waals surface area contributed by atoms with Crippen LogP contribution in [0.15, 0.2) is 53.8 Å². The number of nitrogens with zero attached hydrogens (tertiary/aromatic N) is 5. The maximum atomic E-state index is 11.1. The van der Waals surface area contributed by atoms with E-state index in [9.17, 15) is 10.1 Å². The van der Waals surface area contributed by atoms with Crippen LogP contribution < -0.4 is 5.53 Å². The Hall–Kier alpha value is -3.30. The van der Waals surface area contributed by atoms with Gasteiger partial charge in [-0.25, -0.2) is 15.5 Å². The molecular weight excluding hydrogens is 348 g/mol. The maximum absolute atomic E-state index is 11.1. The van der Waals surface area contributed by atoms with E-state index >= 15 is 0 Å². The van der Waals surface area contributed by atoms with E-state index < -0.39 is 4.92 Å². The lowest BCUT2D eigenvalue weighted by molar-refractivity contribution is -0.384. The topological polar surface area (TPSA) is 97.3 Å². The number of aromatic nitrogens is 2. The number of hydrazine groups is 1. The van der Waals surface area contributed by atoms with Gasteiger partial charge in [0.05, 0.1) is 29.9 Å². The van der Waals surface area contributed by atoms with Gasteiger partial charge in [0.15, 0.2) is 0 Å². The molecule has 3 aromatic rings. The molecule has 1 saturated heterocycles. The number of morpholine rings is 1. The number of ether oxygens (including phenoxy) is 1. The number of nitro benzene ring substituents is 1. The van der Waals surface area contributed by atoms with Gasteiger partial charge < -0.3 is 4.74 Å². The molecule has 1 N–H and O–H groups in total. The highest BCUT2D eigenvalue weighted by Crippen LogP contribution is 2.25. The lowest BCUT2D eigenvalue weighted by atomic mass is 10.2. The van der Waals surface area contributed by atoms with Gasteiger partial charge >= 0.3 is 0 Å². The lowest BCUT2D eigenvalue weighted by Gasteiger charge is -2.25. The van der Waals surface area contributed by atoms with Crippen LogP contribution >= 0.6 is 0 Å². The zero-order valence-electron chi connectivity index (χ0n) is 14.5. The summed E-state index contributed by atoms with van der Waals surface area (Å²) in [6, 6.07) is 12.2. The van der Waals surface area contributed by atoms with E-state index in [0.29, 0.717) is 30.3 Å². The second-order valence-electron chi connectivity index (χ2n) is 6.04. The van der Waals surface area contributed by atoms with E-state index in [4.69, 9.17) is 4.74 Å². The van der Waals surface area contributed by atoms with Gasteiger partial charge in [-0.15, -0.1) is 0 Å². The van der Waals surface area contributed by atoms with Gasteiger partial charge in [0.25, 0.3) is 5.69 Å². The van der Waals surface area contributed by atoms with E-state index in [1.807, 2.05) is 39.9 Å². The fraction of sp³-hybridized carbons (Fsp3) is 0.222. The van der Waals surface area contributed by atoms with Gasteiger partial charge in [-0.1, -0.05) is 18.2 Å². The summed E-state index contributed by atoms with van der Waals surface area (Å²) < 4.78 is 7.20. The number of pyridine rings is 1. The van der Waals surface area contributed by atoms with Gasteiger partial charge in [0.2, 0.25) is 0 Å². The summed E-state index contributed by atoms with van der Waals surface area (Å²) in [7, 11) is 0. The number of hydrogen-bond acceptors (Lipinski definition) is 7. The minimum atomic E-state index is -0.409.